The van der Waals surface area contributed by atoms with Crippen molar-refractivity contribution in [3.8, 4) is 5.75 Å². The fraction of sp³-hybridized carbons (Fsp3) is 0.611. The van der Waals surface area contributed by atoms with Crippen LogP contribution in [0.4, 0.5) is 0 Å². The van der Waals surface area contributed by atoms with Gasteiger partial charge in [0.1, 0.15) is 17.4 Å². The van der Waals surface area contributed by atoms with Crippen molar-refractivity contribution >= 4 is 29.2 Å². The Kier molecular flexibility index (Phi) is 8.65. The smallest absolute Gasteiger partial charge is 0.193 e. The summed E-state index contributed by atoms with van der Waals surface area (Å²) >= 11 is 12.1. The number of rotatable bonds is 7. The van der Waals surface area contributed by atoms with Crippen molar-refractivity contribution in [1.29, 1.82) is 0 Å². The maximum atomic E-state index is 6.11. The first-order chi connectivity index (χ1) is 12.1. The summed E-state index contributed by atoms with van der Waals surface area (Å²) in [6.07, 6.45) is 3.48. The van der Waals surface area contributed by atoms with E-state index in [0.717, 1.165) is 50.9 Å². The van der Waals surface area contributed by atoms with E-state index in [9.17, 15) is 0 Å². The zero-order valence-electron chi connectivity index (χ0n) is 14.9. The first kappa shape index (κ1) is 20.1. The SMILES string of the molecule is CN=C(NCCOc1cccc(Cl)c1Cl)N(C)CCC1CCOCC1. The lowest BCUT2D eigenvalue weighted by Crippen LogP contribution is -2.41. The molecule has 5 nitrogen and oxygen atoms in total. The normalized spacial score (nSPS) is 15.9. The van der Waals surface area contributed by atoms with Gasteiger partial charge in [-0.3, -0.25) is 4.99 Å². The summed E-state index contributed by atoms with van der Waals surface area (Å²) in [5, 5.41) is 4.25. The Morgan fingerprint density at radius 3 is 2.84 bits per heavy atom. The molecule has 1 saturated heterocycles. The van der Waals surface area contributed by atoms with Crippen molar-refractivity contribution < 1.29 is 9.47 Å². The van der Waals surface area contributed by atoms with Crippen molar-refractivity contribution in [3.63, 3.8) is 0 Å². The Morgan fingerprint density at radius 2 is 2.12 bits per heavy atom. The van der Waals surface area contributed by atoms with Gasteiger partial charge in [-0.15, -0.1) is 0 Å². The molecule has 1 aliphatic rings. The monoisotopic (exact) mass is 387 g/mol. The summed E-state index contributed by atoms with van der Waals surface area (Å²) in [6.45, 7) is 3.88. The number of nitrogens with zero attached hydrogens (tertiary/aromatic N) is 2. The van der Waals surface area contributed by atoms with Crippen LogP contribution >= 0.6 is 23.2 Å². The number of halogens is 2. The second kappa shape index (κ2) is 10.7. The molecule has 1 heterocycles. The average Bonchev–Trinajstić information content (AvgIpc) is 2.64. The van der Waals surface area contributed by atoms with E-state index in [1.807, 2.05) is 12.1 Å². The lowest BCUT2D eigenvalue weighted by molar-refractivity contribution is 0.0625. The zero-order chi connectivity index (χ0) is 18.1. The Hall–Kier alpha value is -1.17. The molecular weight excluding hydrogens is 361 g/mol. The summed E-state index contributed by atoms with van der Waals surface area (Å²) in [7, 11) is 3.85. The van der Waals surface area contributed by atoms with Crippen LogP contribution in [-0.2, 0) is 4.74 Å². The van der Waals surface area contributed by atoms with Gasteiger partial charge in [0.2, 0.25) is 0 Å². The molecule has 0 saturated carbocycles. The molecule has 1 aromatic rings. The average molecular weight is 388 g/mol. The van der Waals surface area contributed by atoms with Crippen LogP contribution in [0.5, 0.6) is 5.75 Å². The van der Waals surface area contributed by atoms with E-state index in [1.54, 1.807) is 13.1 Å². The summed E-state index contributed by atoms with van der Waals surface area (Å²) < 4.78 is 11.1. The van der Waals surface area contributed by atoms with Gasteiger partial charge in [-0.05, 0) is 37.3 Å². The largest absolute Gasteiger partial charge is 0.490 e. The first-order valence-corrected chi connectivity index (χ1v) is 9.43. The van der Waals surface area contributed by atoms with Gasteiger partial charge in [-0.25, -0.2) is 0 Å². The molecule has 0 bridgehead atoms. The highest BCUT2D eigenvalue weighted by Gasteiger charge is 2.15. The Morgan fingerprint density at radius 1 is 1.36 bits per heavy atom. The summed E-state index contributed by atoms with van der Waals surface area (Å²) in [5.74, 6) is 2.22. The van der Waals surface area contributed by atoms with Crippen LogP contribution in [0.15, 0.2) is 23.2 Å². The van der Waals surface area contributed by atoms with Crippen LogP contribution in [0, 0.1) is 5.92 Å². The molecule has 1 fully saturated rings. The van der Waals surface area contributed by atoms with E-state index >= 15 is 0 Å². The standard InChI is InChI=1S/C18H27Cl2N3O2/c1-21-18(23(2)10-6-14-7-11-24-12-8-14)22-9-13-25-16-5-3-4-15(19)17(16)20/h3-5,14H,6-13H2,1-2H3,(H,21,22). The fourth-order valence-electron chi connectivity index (χ4n) is 2.82. The second-order valence-electron chi connectivity index (χ2n) is 6.14. The van der Waals surface area contributed by atoms with Gasteiger partial charge in [0.15, 0.2) is 5.96 Å². The van der Waals surface area contributed by atoms with E-state index in [0.29, 0.717) is 28.9 Å². The van der Waals surface area contributed by atoms with E-state index in [4.69, 9.17) is 32.7 Å². The van der Waals surface area contributed by atoms with Crippen LogP contribution in [0.25, 0.3) is 0 Å². The Labute approximate surface area is 160 Å². The molecule has 0 radical (unpaired) electrons. The van der Waals surface area contributed by atoms with Crippen molar-refractivity contribution in [2.24, 2.45) is 10.9 Å². The van der Waals surface area contributed by atoms with Crippen molar-refractivity contribution in [1.82, 2.24) is 10.2 Å². The van der Waals surface area contributed by atoms with E-state index in [2.05, 4.69) is 22.3 Å². The molecule has 7 heteroatoms. The van der Waals surface area contributed by atoms with Crippen molar-refractivity contribution in [2.75, 3.05) is 47.0 Å². The number of ether oxygens (including phenoxy) is 2. The molecule has 2 rings (SSSR count). The number of benzene rings is 1. The van der Waals surface area contributed by atoms with E-state index in [1.165, 1.54) is 0 Å². The number of hydrogen-bond acceptors (Lipinski definition) is 3. The molecule has 0 aliphatic carbocycles. The third-order valence-electron chi connectivity index (χ3n) is 4.35. The van der Waals surface area contributed by atoms with Crippen LogP contribution in [0.3, 0.4) is 0 Å². The maximum absolute atomic E-state index is 6.11. The van der Waals surface area contributed by atoms with Crippen LogP contribution in [0.2, 0.25) is 10.0 Å². The predicted molar refractivity (Wildman–Crippen MR) is 104 cm³/mol. The van der Waals surface area contributed by atoms with Gasteiger partial charge < -0.3 is 19.7 Å². The molecule has 1 N–H and O–H groups in total. The van der Waals surface area contributed by atoms with Crippen molar-refractivity contribution in [2.45, 2.75) is 19.3 Å². The summed E-state index contributed by atoms with van der Waals surface area (Å²) in [6, 6.07) is 5.37. The molecule has 0 atom stereocenters. The Bertz CT molecular complexity index is 563. The third kappa shape index (κ3) is 6.57. The molecule has 1 aliphatic heterocycles. The van der Waals surface area contributed by atoms with Crippen molar-refractivity contribution in [3.05, 3.63) is 28.2 Å². The second-order valence-corrected chi connectivity index (χ2v) is 6.93. The molecule has 0 aromatic heterocycles. The van der Waals surface area contributed by atoms with Crippen LogP contribution < -0.4 is 10.1 Å². The number of hydrogen-bond donors (Lipinski definition) is 1. The molecule has 140 valence electrons. The van der Waals surface area contributed by atoms with Gasteiger partial charge in [0.25, 0.3) is 0 Å². The maximum Gasteiger partial charge on any atom is 0.193 e. The minimum absolute atomic E-state index is 0.446. The first-order valence-electron chi connectivity index (χ1n) is 8.68. The highest BCUT2D eigenvalue weighted by atomic mass is 35.5. The zero-order valence-corrected chi connectivity index (χ0v) is 16.4. The highest BCUT2D eigenvalue weighted by Crippen LogP contribution is 2.31. The number of guanidine groups is 1. The number of aliphatic imine (C=N–C) groups is 1. The van der Waals surface area contributed by atoms with Gasteiger partial charge >= 0.3 is 0 Å². The van der Waals surface area contributed by atoms with Gasteiger partial charge in [-0.1, -0.05) is 29.3 Å². The van der Waals surface area contributed by atoms with Gasteiger partial charge in [-0.2, -0.15) is 0 Å². The highest BCUT2D eigenvalue weighted by molar-refractivity contribution is 6.42. The fourth-order valence-corrected chi connectivity index (χ4v) is 3.17. The molecule has 0 amide bonds. The van der Waals surface area contributed by atoms with E-state index in [-0.39, 0.29) is 0 Å². The van der Waals surface area contributed by atoms with Crippen LogP contribution in [-0.4, -0.2) is 57.9 Å². The minimum Gasteiger partial charge on any atom is -0.490 e. The molecule has 25 heavy (non-hydrogen) atoms. The van der Waals surface area contributed by atoms with Crippen LogP contribution in [0.1, 0.15) is 19.3 Å². The quantitative estimate of drug-likeness (QED) is 0.440. The predicted octanol–water partition coefficient (Wildman–Crippen LogP) is 3.70. The molecule has 0 unspecified atom stereocenters. The number of nitrogens with one attached hydrogen (secondary N) is 1. The topological polar surface area (TPSA) is 46.1 Å². The van der Waals surface area contributed by atoms with Gasteiger partial charge in [0.05, 0.1) is 11.6 Å². The third-order valence-corrected chi connectivity index (χ3v) is 5.15. The summed E-state index contributed by atoms with van der Waals surface area (Å²) in [5.41, 5.74) is 0. The summed E-state index contributed by atoms with van der Waals surface area (Å²) in [4.78, 5) is 6.49. The molecule has 0 spiro atoms. The lowest BCUT2D eigenvalue weighted by Gasteiger charge is -2.26. The minimum atomic E-state index is 0.446. The Balaban J connectivity index is 1.69. The molecule has 1 aromatic carbocycles. The van der Waals surface area contributed by atoms with E-state index < -0.39 is 0 Å². The van der Waals surface area contributed by atoms with Gasteiger partial charge in [0, 0.05) is 33.9 Å². The molecular formula is C18H27Cl2N3O2. The lowest BCUT2D eigenvalue weighted by atomic mass is 9.96.